The smallest absolute Gasteiger partial charge is 0.199 e. The van der Waals surface area contributed by atoms with E-state index >= 15 is 0 Å². The van der Waals surface area contributed by atoms with Crippen LogP contribution in [0.1, 0.15) is 0 Å². The average Bonchev–Trinajstić information content (AvgIpc) is 2.64. The molecule has 6 nitrogen and oxygen atoms in total. The molecule has 0 unspecified atom stereocenters. The van der Waals surface area contributed by atoms with E-state index in [1.54, 1.807) is 36.4 Å². The van der Waals surface area contributed by atoms with E-state index in [4.69, 9.17) is 0 Å². The topological polar surface area (TPSA) is 93.0 Å². The van der Waals surface area contributed by atoms with Gasteiger partial charge in [-0.1, -0.05) is 36.4 Å². The molecule has 3 rings (SSSR count). The van der Waals surface area contributed by atoms with E-state index < -0.39 is 20.0 Å². The maximum Gasteiger partial charge on any atom is 0.282 e. The Morgan fingerprint density at radius 3 is 1.12 bits per heavy atom. The van der Waals surface area contributed by atoms with Crippen molar-refractivity contribution in [1.82, 2.24) is 0 Å². The molecule has 0 spiro atoms. The number of rotatable bonds is 4. The van der Waals surface area contributed by atoms with Crippen molar-refractivity contribution in [3.05, 3.63) is 85.0 Å². The predicted molar refractivity (Wildman–Crippen MR) is 100 cm³/mol. The Kier molecular flexibility index (Phi) is 4.97. The van der Waals surface area contributed by atoms with Crippen molar-refractivity contribution in [2.24, 2.45) is 8.80 Å². The number of benzene rings is 2. The fourth-order valence-electron chi connectivity index (χ4n) is 2.14. The maximum absolute atomic E-state index is 12.2. The normalized spacial score (nSPS) is 14.3. The summed E-state index contributed by atoms with van der Waals surface area (Å²) < 4.78 is 56.3. The Labute approximate surface area is 152 Å². The van der Waals surface area contributed by atoms with Gasteiger partial charge in [0, 0.05) is 0 Å². The number of sulfonamides is 2. The molecule has 0 saturated carbocycles. The first-order chi connectivity index (χ1) is 12.4. The molecular formula is C18H14N2O4S2. The summed E-state index contributed by atoms with van der Waals surface area (Å²) in [5, 5.41) is 0. The molecule has 2 aromatic carbocycles. The van der Waals surface area contributed by atoms with Crippen molar-refractivity contribution in [3.8, 4) is 0 Å². The lowest BCUT2D eigenvalue weighted by molar-refractivity contribution is 0.596. The number of hydrogen-bond acceptors (Lipinski definition) is 4. The maximum atomic E-state index is 12.2. The van der Waals surface area contributed by atoms with Crippen LogP contribution in [0.5, 0.6) is 0 Å². The largest absolute Gasteiger partial charge is 0.282 e. The third-order valence-electron chi connectivity index (χ3n) is 3.38. The Morgan fingerprint density at radius 1 is 0.500 bits per heavy atom. The molecule has 0 bridgehead atoms. The minimum absolute atomic E-state index is 0.0837. The minimum atomic E-state index is -3.83. The van der Waals surface area contributed by atoms with Gasteiger partial charge in [0.15, 0.2) is 0 Å². The second-order valence-electron chi connectivity index (χ2n) is 5.28. The van der Waals surface area contributed by atoms with Crippen LogP contribution >= 0.6 is 0 Å². The molecule has 0 aromatic heterocycles. The van der Waals surface area contributed by atoms with Crippen molar-refractivity contribution >= 4 is 31.5 Å². The first-order valence-corrected chi connectivity index (χ1v) is 10.4. The van der Waals surface area contributed by atoms with E-state index in [0.717, 1.165) is 0 Å². The van der Waals surface area contributed by atoms with E-state index in [0.29, 0.717) is 0 Å². The molecule has 2 aromatic rings. The van der Waals surface area contributed by atoms with Crippen LogP contribution in [-0.2, 0) is 20.0 Å². The van der Waals surface area contributed by atoms with Crippen molar-refractivity contribution in [2.75, 3.05) is 0 Å². The van der Waals surface area contributed by atoms with Crippen LogP contribution in [-0.4, -0.2) is 28.3 Å². The number of nitrogens with zero attached hydrogens (tertiary/aromatic N) is 2. The van der Waals surface area contributed by atoms with Crippen LogP contribution in [0.4, 0.5) is 0 Å². The molecule has 0 radical (unpaired) electrons. The third kappa shape index (κ3) is 4.22. The van der Waals surface area contributed by atoms with Crippen LogP contribution < -0.4 is 0 Å². The molecule has 0 aliphatic heterocycles. The summed E-state index contributed by atoms with van der Waals surface area (Å²) in [5.41, 5.74) is 0.370. The van der Waals surface area contributed by atoms with Gasteiger partial charge in [-0.2, -0.15) is 25.6 Å². The van der Waals surface area contributed by atoms with Crippen LogP contribution in [0.2, 0.25) is 0 Å². The van der Waals surface area contributed by atoms with Gasteiger partial charge in [-0.05, 0) is 48.6 Å². The predicted octanol–water partition coefficient (Wildman–Crippen LogP) is 2.77. The molecule has 8 heteroatoms. The van der Waals surface area contributed by atoms with Crippen molar-refractivity contribution < 1.29 is 16.8 Å². The van der Waals surface area contributed by atoms with Gasteiger partial charge in [-0.3, -0.25) is 0 Å². The summed E-state index contributed by atoms with van der Waals surface area (Å²) >= 11 is 0. The molecule has 1 aliphatic rings. The van der Waals surface area contributed by atoms with Gasteiger partial charge in [-0.25, -0.2) is 0 Å². The highest BCUT2D eigenvalue weighted by molar-refractivity contribution is 7.90. The lowest BCUT2D eigenvalue weighted by atomic mass is 10.1. The van der Waals surface area contributed by atoms with Gasteiger partial charge in [0.2, 0.25) is 0 Å². The van der Waals surface area contributed by atoms with Gasteiger partial charge in [0.05, 0.1) is 21.2 Å². The first kappa shape index (κ1) is 18.0. The minimum Gasteiger partial charge on any atom is -0.199 e. The van der Waals surface area contributed by atoms with Gasteiger partial charge < -0.3 is 0 Å². The standard InChI is InChI=1S/C18H14N2O4S2/c21-25(22,17-7-3-1-4-8-17)19-15-11-13-16(14-12-15)20-26(23,24)18-9-5-2-6-10-18/h1-14H. The highest BCUT2D eigenvalue weighted by atomic mass is 32.2. The number of allylic oxidation sites excluding steroid dienone is 4. The Morgan fingerprint density at radius 2 is 0.808 bits per heavy atom. The van der Waals surface area contributed by atoms with Crippen molar-refractivity contribution in [3.63, 3.8) is 0 Å². The monoisotopic (exact) mass is 386 g/mol. The Bertz CT molecular complexity index is 1020. The third-order valence-corrected chi connectivity index (χ3v) is 6.02. The Balaban J connectivity index is 1.84. The summed E-state index contributed by atoms with van der Waals surface area (Å²) in [6.45, 7) is 0. The number of hydrogen-bond donors (Lipinski definition) is 0. The summed E-state index contributed by atoms with van der Waals surface area (Å²) in [4.78, 5) is 0.167. The van der Waals surface area contributed by atoms with Gasteiger partial charge in [0.25, 0.3) is 20.0 Å². The fraction of sp³-hybridized carbons (Fsp3) is 0. The molecule has 1 aliphatic carbocycles. The summed E-state index contributed by atoms with van der Waals surface area (Å²) in [5.74, 6) is 0. The van der Waals surface area contributed by atoms with E-state index in [1.165, 1.54) is 48.6 Å². The van der Waals surface area contributed by atoms with Crippen LogP contribution in [0, 0.1) is 0 Å². The first-order valence-electron chi connectivity index (χ1n) is 7.53. The lowest BCUT2D eigenvalue weighted by Gasteiger charge is -2.04. The van der Waals surface area contributed by atoms with Crippen LogP contribution in [0.3, 0.4) is 0 Å². The summed E-state index contributed by atoms with van der Waals surface area (Å²) in [7, 11) is -7.66. The molecule has 0 heterocycles. The molecule has 0 amide bonds. The molecule has 0 N–H and O–H groups in total. The lowest BCUT2D eigenvalue weighted by Crippen LogP contribution is -2.07. The highest BCUT2D eigenvalue weighted by Crippen LogP contribution is 2.15. The van der Waals surface area contributed by atoms with E-state index in [1.807, 2.05) is 0 Å². The zero-order chi connectivity index (χ0) is 18.6. The Hall–Kier alpha value is -2.84. The van der Waals surface area contributed by atoms with E-state index in [2.05, 4.69) is 8.80 Å². The molecule has 0 fully saturated rings. The van der Waals surface area contributed by atoms with Gasteiger partial charge in [-0.15, -0.1) is 0 Å². The van der Waals surface area contributed by atoms with E-state index in [-0.39, 0.29) is 21.2 Å². The molecule has 0 atom stereocenters. The van der Waals surface area contributed by atoms with Crippen molar-refractivity contribution in [2.45, 2.75) is 9.79 Å². The summed E-state index contributed by atoms with van der Waals surface area (Å²) in [6, 6.07) is 15.7. The fourth-order valence-corrected chi connectivity index (χ4v) is 4.15. The second-order valence-corrected chi connectivity index (χ2v) is 8.48. The highest BCUT2D eigenvalue weighted by Gasteiger charge is 2.15. The van der Waals surface area contributed by atoms with Crippen LogP contribution in [0.15, 0.2) is 104 Å². The average molecular weight is 386 g/mol. The zero-order valence-electron chi connectivity index (χ0n) is 13.4. The molecule has 132 valence electrons. The van der Waals surface area contributed by atoms with Gasteiger partial charge >= 0.3 is 0 Å². The molecule has 26 heavy (non-hydrogen) atoms. The second kappa shape index (κ2) is 7.19. The molecular weight excluding hydrogens is 372 g/mol. The van der Waals surface area contributed by atoms with E-state index in [9.17, 15) is 16.8 Å². The quantitative estimate of drug-likeness (QED) is 0.755. The van der Waals surface area contributed by atoms with Crippen molar-refractivity contribution in [1.29, 1.82) is 0 Å². The molecule has 0 saturated heterocycles. The SMILES string of the molecule is O=S(=O)(N=C1C=CC(=NS(=O)(=O)c2ccccc2)C=C1)c1ccccc1. The van der Waals surface area contributed by atoms with Crippen LogP contribution in [0.25, 0.3) is 0 Å². The van der Waals surface area contributed by atoms with Gasteiger partial charge in [0.1, 0.15) is 0 Å². The zero-order valence-corrected chi connectivity index (χ0v) is 15.1. The summed E-state index contributed by atoms with van der Waals surface area (Å²) in [6.07, 6.45) is 5.61.